The van der Waals surface area contributed by atoms with E-state index < -0.39 is 0 Å². The predicted octanol–water partition coefficient (Wildman–Crippen LogP) is 1.93. The first-order valence-corrected chi connectivity index (χ1v) is 8.75. The monoisotopic (exact) mass is 325 g/mol. The van der Waals surface area contributed by atoms with Crippen molar-refractivity contribution < 1.29 is 5.11 Å². The first kappa shape index (κ1) is 15.3. The van der Waals surface area contributed by atoms with Gasteiger partial charge in [0.25, 0.3) is 0 Å². The van der Waals surface area contributed by atoms with E-state index in [1.165, 1.54) is 11.3 Å². The minimum atomic E-state index is -0.258. The molecule has 1 saturated heterocycles. The number of aliphatic hydroxyl groups excluding tert-OH is 1. The lowest BCUT2D eigenvalue weighted by Crippen LogP contribution is -2.39. The molecule has 2 N–H and O–H groups in total. The second kappa shape index (κ2) is 6.73. The van der Waals surface area contributed by atoms with Crippen LogP contribution in [-0.2, 0) is 19.4 Å². The van der Waals surface area contributed by atoms with Crippen LogP contribution in [0.25, 0.3) is 0 Å². The van der Waals surface area contributed by atoms with Crippen LogP contribution in [0.2, 0.25) is 0 Å². The Morgan fingerprint density at radius 1 is 1.21 bits per heavy atom. The molecule has 3 heterocycles. The molecule has 24 heavy (non-hydrogen) atoms. The van der Waals surface area contributed by atoms with Crippen LogP contribution in [0.4, 0.5) is 11.6 Å². The third-order valence-corrected chi connectivity index (χ3v) is 4.88. The molecular weight excluding hydrogens is 302 g/mol. The number of piperidine rings is 1. The molecule has 1 aliphatic carbocycles. The lowest BCUT2D eigenvalue weighted by atomic mass is 10.1. The molecule has 0 bridgehead atoms. The minimum Gasteiger partial charge on any atom is -0.391 e. The lowest BCUT2D eigenvalue weighted by Gasteiger charge is -2.32. The van der Waals surface area contributed by atoms with Gasteiger partial charge in [-0.25, -0.2) is 15.0 Å². The molecule has 6 heteroatoms. The average molecular weight is 325 g/mol. The molecule has 0 spiro atoms. The Labute approximate surface area is 142 Å². The van der Waals surface area contributed by atoms with E-state index in [9.17, 15) is 5.11 Å². The third-order valence-electron chi connectivity index (χ3n) is 4.88. The number of aliphatic hydroxyl groups is 1. The van der Waals surface area contributed by atoms with E-state index >= 15 is 0 Å². The van der Waals surface area contributed by atoms with Gasteiger partial charge in [0.05, 0.1) is 6.10 Å². The van der Waals surface area contributed by atoms with Crippen LogP contribution < -0.4 is 10.2 Å². The summed E-state index contributed by atoms with van der Waals surface area (Å²) in [6, 6.07) is 4.06. The first-order valence-electron chi connectivity index (χ1n) is 8.75. The molecule has 1 atom stereocenters. The highest BCUT2D eigenvalue weighted by atomic mass is 16.3. The molecule has 1 aliphatic heterocycles. The zero-order valence-corrected chi connectivity index (χ0v) is 13.8. The number of β-amino-alcohol motifs (C(OH)–C–C–N with tert-alkyl or cyclic N) is 1. The van der Waals surface area contributed by atoms with Gasteiger partial charge in [0.15, 0.2) is 0 Å². The van der Waals surface area contributed by atoms with Crippen LogP contribution >= 0.6 is 0 Å². The van der Waals surface area contributed by atoms with Gasteiger partial charge in [-0.05, 0) is 38.2 Å². The van der Waals surface area contributed by atoms with Crippen LogP contribution in [-0.4, -0.2) is 39.3 Å². The standard InChI is InChI=1S/C18H23N5O/c24-14-5-3-9-23(11-14)18-13(4-2-8-19-18)10-20-17-15-6-1-7-16(15)21-12-22-17/h2,4,8,12,14,24H,1,3,5-7,9-11H2,(H,20,21,22)/t14-/m0/s1. The Morgan fingerprint density at radius 2 is 2.17 bits per heavy atom. The fourth-order valence-electron chi connectivity index (χ4n) is 3.69. The van der Waals surface area contributed by atoms with Gasteiger partial charge in [-0.3, -0.25) is 0 Å². The largest absolute Gasteiger partial charge is 0.391 e. The summed E-state index contributed by atoms with van der Waals surface area (Å²) in [5, 5.41) is 13.4. The number of rotatable bonds is 4. The van der Waals surface area contributed by atoms with Crippen molar-refractivity contribution >= 4 is 11.6 Å². The Hall–Kier alpha value is -2.21. The van der Waals surface area contributed by atoms with Crippen molar-refractivity contribution in [3.05, 3.63) is 41.5 Å². The van der Waals surface area contributed by atoms with Crippen LogP contribution in [0.1, 0.15) is 36.1 Å². The molecule has 1 fully saturated rings. The molecule has 0 radical (unpaired) electrons. The van der Waals surface area contributed by atoms with Gasteiger partial charge in [0.2, 0.25) is 0 Å². The van der Waals surface area contributed by atoms with Crippen molar-refractivity contribution in [2.24, 2.45) is 0 Å². The number of anilines is 2. The summed E-state index contributed by atoms with van der Waals surface area (Å²) in [6.45, 7) is 2.29. The van der Waals surface area contributed by atoms with E-state index in [1.807, 2.05) is 12.3 Å². The normalized spacial score (nSPS) is 20.0. The fraction of sp³-hybridized carbons (Fsp3) is 0.500. The molecule has 0 amide bonds. The predicted molar refractivity (Wildman–Crippen MR) is 93.1 cm³/mol. The Kier molecular flexibility index (Phi) is 4.30. The summed E-state index contributed by atoms with van der Waals surface area (Å²) >= 11 is 0. The Balaban J connectivity index is 1.52. The topological polar surface area (TPSA) is 74.2 Å². The zero-order valence-electron chi connectivity index (χ0n) is 13.8. The fourth-order valence-corrected chi connectivity index (χ4v) is 3.69. The molecule has 4 rings (SSSR count). The van der Waals surface area contributed by atoms with Crippen LogP contribution in [0.3, 0.4) is 0 Å². The van der Waals surface area contributed by atoms with E-state index in [0.717, 1.165) is 55.8 Å². The van der Waals surface area contributed by atoms with Crippen LogP contribution in [0, 0.1) is 0 Å². The van der Waals surface area contributed by atoms with Gasteiger partial charge < -0.3 is 15.3 Å². The molecule has 2 aliphatic rings. The maximum atomic E-state index is 9.94. The number of aromatic nitrogens is 3. The molecule has 126 valence electrons. The van der Waals surface area contributed by atoms with E-state index in [-0.39, 0.29) is 6.10 Å². The molecule has 2 aromatic rings. The number of hydrogen-bond donors (Lipinski definition) is 2. The highest BCUT2D eigenvalue weighted by Crippen LogP contribution is 2.27. The Morgan fingerprint density at radius 3 is 3.08 bits per heavy atom. The zero-order chi connectivity index (χ0) is 16.4. The summed E-state index contributed by atoms with van der Waals surface area (Å²) in [5.74, 6) is 1.92. The van der Waals surface area contributed by atoms with Gasteiger partial charge in [0.1, 0.15) is 18.0 Å². The summed E-state index contributed by atoms with van der Waals surface area (Å²) in [6.07, 6.45) is 8.36. The van der Waals surface area contributed by atoms with Gasteiger partial charge in [-0.1, -0.05) is 6.07 Å². The van der Waals surface area contributed by atoms with Gasteiger partial charge in [-0.15, -0.1) is 0 Å². The van der Waals surface area contributed by atoms with Crippen LogP contribution in [0.5, 0.6) is 0 Å². The van der Waals surface area contributed by atoms with E-state index in [1.54, 1.807) is 6.33 Å². The molecule has 6 nitrogen and oxygen atoms in total. The molecule has 0 saturated carbocycles. The van der Waals surface area contributed by atoms with Gasteiger partial charge in [-0.2, -0.15) is 0 Å². The summed E-state index contributed by atoms with van der Waals surface area (Å²) in [4.78, 5) is 15.6. The van der Waals surface area contributed by atoms with Gasteiger partial charge >= 0.3 is 0 Å². The average Bonchev–Trinajstić information content (AvgIpc) is 3.09. The van der Waals surface area contributed by atoms with Crippen molar-refractivity contribution in [1.29, 1.82) is 0 Å². The highest BCUT2D eigenvalue weighted by molar-refractivity contribution is 5.52. The second-order valence-electron chi connectivity index (χ2n) is 6.58. The van der Waals surface area contributed by atoms with Crippen molar-refractivity contribution in [3.8, 4) is 0 Å². The number of nitrogens with zero attached hydrogens (tertiary/aromatic N) is 4. The Bertz CT molecular complexity index is 720. The maximum Gasteiger partial charge on any atom is 0.133 e. The number of pyridine rings is 1. The quantitative estimate of drug-likeness (QED) is 0.895. The van der Waals surface area contributed by atoms with Crippen molar-refractivity contribution in [1.82, 2.24) is 15.0 Å². The van der Waals surface area contributed by atoms with Gasteiger partial charge in [0, 0.05) is 42.7 Å². The number of hydrogen-bond acceptors (Lipinski definition) is 6. The number of aryl methyl sites for hydroxylation is 1. The highest BCUT2D eigenvalue weighted by Gasteiger charge is 2.21. The van der Waals surface area contributed by atoms with Crippen molar-refractivity contribution in [3.63, 3.8) is 0 Å². The maximum absolute atomic E-state index is 9.94. The van der Waals surface area contributed by atoms with E-state index in [4.69, 9.17) is 0 Å². The first-order chi connectivity index (χ1) is 11.8. The van der Waals surface area contributed by atoms with Crippen molar-refractivity contribution in [2.75, 3.05) is 23.3 Å². The molecule has 0 aromatic carbocycles. The SMILES string of the molecule is O[C@H]1CCCN(c2ncccc2CNc2ncnc3c2CCC3)C1. The lowest BCUT2D eigenvalue weighted by molar-refractivity contribution is 0.154. The van der Waals surface area contributed by atoms with Crippen LogP contribution in [0.15, 0.2) is 24.7 Å². The summed E-state index contributed by atoms with van der Waals surface area (Å²) in [7, 11) is 0. The van der Waals surface area contributed by atoms with E-state index in [0.29, 0.717) is 13.1 Å². The van der Waals surface area contributed by atoms with Crippen molar-refractivity contribution in [2.45, 2.75) is 44.8 Å². The second-order valence-corrected chi connectivity index (χ2v) is 6.58. The van der Waals surface area contributed by atoms with E-state index in [2.05, 4.69) is 31.2 Å². The minimum absolute atomic E-state index is 0.258. The molecular formula is C18H23N5O. The number of nitrogens with one attached hydrogen (secondary N) is 1. The smallest absolute Gasteiger partial charge is 0.133 e. The molecule has 0 unspecified atom stereocenters. The molecule has 2 aromatic heterocycles. The number of fused-ring (bicyclic) bond motifs is 1. The summed E-state index contributed by atoms with van der Waals surface area (Å²) < 4.78 is 0. The summed E-state index contributed by atoms with van der Waals surface area (Å²) in [5.41, 5.74) is 3.58. The third kappa shape index (κ3) is 3.06.